The van der Waals surface area contributed by atoms with Crippen LogP contribution in [0.15, 0.2) is 24.3 Å². The minimum atomic E-state index is -0.268. The van der Waals surface area contributed by atoms with Crippen LogP contribution in [-0.4, -0.2) is 47.2 Å². The number of aromatic nitrogens is 2. The number of nitrogens with zero attached hydrogens (tertiary/aromatic N) is 1. The van der Waals surface area contributed by atoms with Crippen molar-refractivity contribution in [2.45, 2.75) is 38.3 Å². The molecule has 0 radical (unpaired) electrons. The molecule has 1 aromatic carbocycles. The maximum Gasteiger partial charge on any atom is 0.272 e. The molecule has 2 unspecified atom stereocenters. The Hall–Kier alpha value is -2.41. The molecule has 1 aliphatic heterocycles. The molecule has 7 heteroatoms. The third kappa shape index (κ3) is 3.91. The molecule has 128 valence electrons. The molecule has 2 amide bonds. The van der Waals surface area contributed by atoms with Gasteiger partial charge in [0.15, 0.2) is 5.69 Å². The van der Waals surface area contributed by atoms with E-state index in [0.29, 0.717) is 18.3 Å². The number of carbonyl (C=O) groups excluding carboxylic acids is 2. The van der Waals surface area contributed by atoms with E-state index in [1.54, 1.807) is 0 Å². The summed E-state index contributed by atoms with van der Waals surface area (Å²) in [6.45, 7) is 3.34. The Kier molecular flexibility index (Phi) is 5.10. The number of carbonyl (C=O) groups is 2. The van der Waals surface area contributed by atoms with E-state index in [-0.39, 0.29) is 24.3 Å². The number of nitrogens with one attached hydrogen (secondary N) is 4. The zero-order valence-corrected chi connectivity index (χ0v) is 13.8. The van der Waals surface area contributed by atoms with E-state index >= 15 is 0 Å². The molecule has 3 rings (SSSR count). The highest BCUT2D eigenvalue weighted by molar-refractivity contribution is 6.04. The predicted molar refractivity (Wildman–Crippen MR) is 91.7 cm³/mol. The Morgan fingerprint density at radius 2 is 2.17 bits per heavy atom. The second-order valence-electron chi connectivity index (χ2n) is 6.27. The number of para-hydroxylation sites is 1. The molecule has 1 saturated heterocycles. The fraction of sp³-hybridized carbons (Fsp3) is 0.471. The average molecular weight is 329 g/mol. The second-order valence-corrected chi connectivity index (χ2v) is 6.27. The van der Waals surface area contributed by atoms with Gasteiger partial charge in [-0.25, -0.2) is 0 Å². The van der Waals surface area contributed by atoms with Crippen LogP contribution in [0.4, 0.5) is 0 Å². The van der Waals surface area contributed by atoms with E-state index in [2.05, 4.69) is 33.1 Å². The fourth-order valence-electron chi connectivity index (χ4n) is 3.07. The third-order valence-corrected chi connectivity index (χ3v) is 4.31. The number of benzene rings is 1. The Labute approximate surface area is 140 Å². The molecule has 0 spiro atoms. The molecule has 1 fully saturated rings. The molecule has 1 aromatic heterocycles. The molecular formula is C17H23N5O2. The van der Waals surface area contributed by atoms with Gasteiger partial charge in [0.05, 0.1) is 5.52 Å². The topological polar surface area (TPSA) is 98.9 Å². The van der Waals surface area contributed by atoms with Crippen LogP contribution in [0, 0.1) is 0 Å². The molecule has 2 atom stereocenters. The van der Waals surface area contributed by atoms with Crippen molar-refractivity contribution in [3.63, 3.8) is 0 Å². The molecule has 0 saturated carbocycles. The number of fused-ring (bicyclic) bond motifs is 1. The van der Waals surface area contributed by atoms with Crippen molar-refractivity contribution in [1.29, 1.82) is 0 Å². The molecule has 2 heterocycles. The normalized spacial score (nSPS) is 20.7. The SMILES string of the molecule is CC1CC(NC(=O)CCNC(=O)c2n[nH]c3ccccc23)CCN1. The first-order chi connectivity index (χ1) is 11.6. The van der Waals surface area contributed by atoms with Crippen LogP contribution in [0.25, 0.3) is 10.9 Å². The van der Waals surface area contributed by atoms with Crippen LogP contribution in [0.5, 0.6) is 0 Å². The van der Waals surface area contributed by atoms with Gasteiger partial charge in [0.25, 0.3) is 5.91 Å². The van der Waals surface area contributed by atoms with Gasteiger partial charge in [-0.15, -0.1) is 0 Å². The summed E-state index contributed by atoms with van der Waals surface area (Å²) in [5, 5.41) is 16.8. The fourth-order valence-corrected chi connectivity index (χ4v) is 3.07. The monoisotopic (exact) mass is 329 g/mol. The Bertz CT molecular complexity index is 727. The van der Waals surface area contributed by atoms with Crippen molar-refractivity contribution in [2.24, 2.45) is 0 Å². The first-order valence-corrected chi connectivity index (χ1v) is 8.37. The summed E-state index contributed by atoms with van der Waals surface area (Å²) in [6, 6.07) is 8.11. The van der Waals surface area contributed by atoms with Crippen molar-refractivity contribution in [3.05, 3.63) is 30.0 Å². The lowest BCUT2D eigenvalue weighted by atomic mass is 10.0. The van der Waals surface area contributed by atoms with Crippen LogP contribution in [0.3, 0.4) is 0 Å². The minimum absolute atomic E-state index is 0.0266. The van der Waals surface area contributed by atoms with Gasteiger partial charge >= 0.3 is 0 Å². The van der Waals surface area contributed by atoms with E-state index < -0.39 is 0 Å². The molecule has 4 N–H and O–H groups in total. The number of hydrogen-bond donors (Lipinski definition) is 4. The van der Waals surface area contributed by atoms with E-state index in [9.17, 15) is 9.59 Å². The minimum Gasteiger partial charge on any atom is -0.353 e. The standard InChI is InChI=1S/C17H23N5O2/c1-11-10-12(6-8-18-11)20-15(23)7-9-19-17(24)16-13-4-2-3-5-14(13)21-22-16/h2-5,11-12,18H,6-10H2,1H3,(H,19,24)(H,20,23)(H,21,22). The largest absolute Gasteiger partial charge is 0.353 e. The van der Waals surface area contributed by atoms with Crippen LogP contribution in [-0.2, 0) is 4.79 Å². The smallest absolute Gasteiger partial charge is 0.272 e. The van der Waals surface area contributed by atoms with Crippen molar-refractivity contribution >= 4 is 22.7 Å². The predicted octanol–water partition coefficient (Wildman–Crippen LogP) is 0.939. The summed E-state index contributed by atoms with van der Waals surface area (Å²) in [5.41, 5.74) is 1.18. The highest BCUT2D eigenvalue weighted by Gasteiger charge is 2.20. The van der Waals surface area contributed by atoms with Crippen LogP contribution in [0.1, 0.15) is 36.7 Å². The first kappa shape index (κ1) is 16.4. The van der Waals surface area contributed by atoms with Gasteiger partial charge in [0, 0.05) is 30.4 Å². The van der Waals surface area contributed by atoms with Crippen molar-refractivity contribution < 1.29 is 9.59 Å². The molecule has 0 bridgehead atoms. The van der Waals surface area contributed by atoms with E-state index in [0.717, 1.165) is 30.3 Å². The van der Waals surface area contributed by atoms with Gasteiger partial charge in [-0.3, -0.25) is 14.7 Å². The molecular weight excluding hydrogens is 306 g/mol. The van der Waals surface area contributed by atoms with Gasteiger partial charge in [-0.2, -0.15) is 5.10 Å². The number of hydrogen-bond acceptors (Lipinski definition) is 4. The molecule has 1 aliphatic rings. The molecule has 0 aliphatic carbocycles. The summed E-state index contributed by atoms with van der Waals surface area (Å²) in [6.07, 6.45) is 2.16. The lowest BCUT2D eigenvalue weighted by Crippen LogP contribution is -2.47. The number of piperidine rings is 1. The highest BCUT2D eigenvalue weighted by atomic mass is 16.2. The number of amides is 2. The molecule has 2 aromatic rings. The quantitative estimate of drug-likeness (QED) is 0.656. The number of rotatable bonds is 5. The molecule has 24 heavy (non-hydrogen) atoms. The Morgan fingerprint density at radius 3 is 3.00 bits per heavy atom. The van der Waals surface area contributed by atoms with Gasteiger partial charge < -0.3 is 16.0 Å². The Morgan fingerprint density at radius 1 is 1.33 bits per heavy atom. The van der Waals surface area contributed by atoms with Gasteiger partial charge in [0.2, 0.25) is 5.91 Å². The van der Waals surface area contributed by atoms with Crippen molar-refractivity contribution in [1.82, 2.24) is 26.1 Å². The van der Waals surface area contributed by atoms with Gasteiger partial charge in [-0.05, 0) is 32.4 Å². The number of aromatic amines is 1. The van der Waals surface area contributed by atoms with Gasteiger partial charge in [0.1, 0.15) is 0 Å². The summed E-state index contributed by atoms with van der Waals surface area (Å²) in [7, 11) is 0. The van der Waals surface area contributed by atoms with E-state index in [4.69, 9.17) is 0 Å². The lowest BCUT2D eigenvalue weighted by Gasteiger charge is -2.28. The van der Waals surface area contributed by atoms with Crippen molar-refractivity contribution in [2.75, 3.05) is 13.1 Å². The summed E-state index contributed by atoms with van der Waals surface area (Å²) >= 11 is 0. The van der Waals surface area contributed by atoms with Crippen LogP contribution in [0.2, 0.25) is 0 Å². The highest BCUT2D eigenvalue weighted by Crippen LogP contribution is 2.14. The maximum absolute atomic E-state index is 12.2. The Balaban J connectivity index is 1.45. The average Bonchev–Trinajstić information content (AvgIpc) is 2.99. The maximum atomic E-state index is 12.2. The lowest BCUT2D eigenvalue weighted by molar-refractivity contribution is -0.121. The van der Waals surface area contributed by atoms with E-state index in [1.807, 2.05) is 24.3 Å². The summed E-state index contributed by atoms with van der Waals surface area (Å²) in [4.78, 5) is 24.2. The zero-order chi connectivity index (χ0) is 16.9. The summed E-state index contributed by atoms with van der Waals surface area (Å²) < 4.78 is 0. The second kappa shape index (κ2) is 7.44. The van der Waals surface area contributed by atoms with Crippen LogP contribution >= 0.6 is 0 Å². The number of H-pyrrole nitrogens is 1. The van der Waals surface area contributed by atoms with Gasteiger partial charge in [-0.1, -0.05) is 18.2 Å². The van der Waals surface area contributed by atoms with Crippen molar-refractivity contribution in [3.8, 4) is 0 Å². The zero-order valence-electron chi connectivity index (χ0n) is 13.8. The first-order valence-electron chi connectivity index (χ1n) is 8.37. The third-order valence-electron chi connectivity index (χ3n) is 4.31. The summed E-state index contributed by atoms with van der Waals surface area (Å²) in [5.74, 6) is -0.294. The molecule has 7 nitrogen and oxygen atoms in total. The van der Waals surface area contributed by atoms with Crippen LogP contribution < -0.4 is 16.0 Å². The van der Waals surface area contributed by atoms with E-state index in [1.165, 1.54) is 0 Å².